The highest BCUT2D eigenvalue weighted by Crippen LogP contribution is 2.33. The zero-order chi connectivity index (χ0) is 26.0. The summed E-state index contributed by atoms with van der Waals surface area (Å²) in [6.45, 7) is 2.87. The number of anilines is 1. The van der Waals surface area contributed by atoms with E-state index < -0.39 is 15.8 Å². The quantitative estimate of drug-likeness (QED) is 0.330. The Labute approximate surface area is 219 Å². The van der Waals surface area contributed by atoms with Crippen molar-refractivity contribution in [3.63, 3.8) is 0 Å². The van der Waals surface area contributed by atoms with Crippen LogP contribution in [0.5, 0.6) is 0 Å². The topological polar surface area (TPSA) is 83.5 Å². The minimum Gasteiger partial charge on any atom is -0.283 e. The van der Waals surface area contributed by atoms with Crippen molar-refractivity contribution in [3.05, 3.63) is 83.9 Å². The summed E-state index contributed by atoms with van der Waals surface area (Å²) < 4.78 is 41.7. The lowest BCUT2D eigenvalue weighted by Gasteiger charge is -2.33. The second-order valence-corrected chi connectivity index (χ2v) is 12.0. The van der Waals surface area contributed by atoms with Crippen molar-refractivity contribution in [1.29, 1.82) is 0 Å². The molecule has 2 aromatic heterocycles. The number of nitrogens with zero attached hydrogens (tertiary/aromatic N) is 4. The van der Waals surface area contributed by atoms with Gasteiger partial charge in [-0.15, -0.1) is 0 Å². The van der Waals surface area contributed by atoms with Gasteiger partial charge in [0.25, 0.3) is 0 Å². The number of hydrogen-bond acceptors (Lipinski definition) is 6. The number of benzene rings is 2. The molecule has 192 valence electrons. The van der Waals surface area contributed by atoms with E-state index in [1.807, 2.05) is 18.2 Å². The van der Waals surface area contributed by atoms with Gasteiger partial charge in [0.15, 0.2) is 5.13 Å². The molecule has 0 saturated carbocycles. The van der Waals surface area contributed by atoms with Crippen LogP contribution in [0.25, 0.3) is 10.2 Å². The lowest BCUT2D eigenvalue weighted by Crippen LogP contribution is -2.44. The van der Waals surface area contributed by atoms with Crippen LogP contribution in [0.4, 0.5) is 9.52 Å². The number of rotatable bonds is 7. The Bertz CT molecular complexity index is 1500. The second-order valence-electron chi connectivity index (χ2n) is 9.07. The molecule has 1 fully saturated rings. The van der Waals surface area contributed by atoms with Crippen LogP contribution in [0, 0.1) is 11.7 Å². The summed E-state index contributed by atoms with van der Waals surface area (Å²) >= 11 is 1.49. The molecule has 0 radical (unpaired) electrons. The highest BCUT2D eigenvalue weighted by atomic mass is 32.2. The zero-order valence-electron chi connectivity index (χ0n) is 20.4. The van der Waals surface area contributed by atoms with E-state index >= 15 is 0 Å². The van der Waals surface area contributed by atoms with E-state index in [1.165, 1.54) is 33.3 Å². The number of carbonyl (C=O) groups excluding carboxylic acids is 1. The number of piperidine rings is 1. The molecule has 1 saturated heterocycles. The first-order valence-electron chi connectivity index (χ1n) is 12.2. The lowest BCUT2D eigenvalue weighted by atomic mass is 9.96. The molecule has 3 heterocycles. The number of sulfonamides is 1. The number of aryl methyl sites for hydroxylation is 1. The Balaban J connectivity index is 1.37. The predicted octanol–water partition coefficient (Wildman–Crippen LogP) is 5.03. The Kier molecular flexibility index (Phi) is 7.32. The molecule has 4 aromatic rings. The van der Waals surface area contributed by atoms with Crippen LogP contribution in [-0.2, 0) is 27.8 Å². The molecule has 0 atom stereocenters. The van der Waals surface area contributed by atoms with Crippen LogP contribution >= 0.6 is 11.3 Å². The van der Waals surface area contributed by atoms with Crippen LogP contribution in [0.15, 0.2) is 71.9 Å². The largest absolute Gasteiger partial charge is 0.283 e. The van der Waals surface area contributed by atoms with E-state index in [-0.39, 0.29) is 29.8 Å². The lowest BCUT2D eigenvalue weighted by molar-refractivity contribution is -0.123. The highest BCUT2D eigenvalue weighted by Gasteiger charge is 2.35. The maximum atomic E-state index is 13.8. The molecule has 0 spiro atoms. The van der Waals surface area contributed by atoms with Gasteiger partial charge in [-0.1, -0.05) is 30.4 Å². The normalized spacial score (nSPS) is 15.2. The van der Waals surface area contributed by atoms with Crippen LogP contribution < -0.4 is 4.90 Å². The van der Waals surface area contributed by atoms with Crippen molar-refractivity contribution in [1.82, 2.24) is 14.3 Å². The van der Waals surface area contributed by atoms with Crippen molar-refractivity contribution in [3.8, 4) is 0 Å². The maximum absolute atomic E-state index is 13.8. The number of fused-ring (bicyclic) bond motifs is 1. The third kappa shape index (κ3) is 5.41. The van der Waals surface area contributed by atoms with Crippen molar-refractivity contribution >= 4 is 42.6 Å². The van der Waals surface area contributed by atoms with E-state index in [4.69, 9.17) is 4.98 Å². The van der Waals surface area contributed by atoms with Gasteiger partial charge in [-0.3, -0.25) is 14.7 Å². The van der Waals surface area contributed by atoms with Gasteiger partial charge in [0.1, 0.15) is 5.82 Å². The van der Waals surface area contributed by atoms with Gasteiger partial charge in [0, 0.05) is 31.4 Å². The number of pyridine rings is 1. The van der Waals surface area contributed by atoms with Crippen LogP contribution in [0.1, 0.15) is 30.9 Å². The molecule has 0 unspecified atom stereocenters. The number of carbonyl (C=O) groups is 1. The van der Waals surface area contributed by atoms with Gasteiger partial charge in [-0.25, -0.2) is 17.8 Å². The van der Waals surface area contributed by atoms with Crippen molar-refractivity contribution in [2.24, 2.45) is 5.92 Å². The predicted molar refractivity (Wildman–Crippen MR) is 142 cm³/mol. The Morgan fingerprint density at radius 2 is 1.86 bits per heavy atom. The zero-order valence-corrected chi connectivity index (χ0v) is 22.0. The minimum atomic E-state index is -3.75. The van der Waals surface area contributed by atoms with E-state index in [9.17, 15) is 17.6 Å². The molecule has 0 N–H and O–H groups in total. The number of hydrogen-bond donors (Lipinski definition) is 0. The van der Waals surface area contributed by atoms with Gasteiger partial charge in [0.05, 0.1) is 21.7 Å². The average Bonchev–Trinajstić information content (AvgIpc) is 3.35. The number of aromatic nitrogens is 2. The standard InChI is InChI=1S/C27H27FN4O3S2/c1-2-19-5-10-24-25(16-19)36-27(30-24)32(18-20-4-3-13-29-17-20)26(33)21-11-14-31(15-12-21)37(34,35)23-8-6-22(28)7-9-23/h3-10,13,16-17,21H,2,11-12,14-15,18H2,1H3. The Hall–Kier alpha value is -3.21. The third-order valence-corrected chi connectivity index (χ3v) is 9.62. The van der Waals surface area contributed by atoms with Crippen LogP contribution in [0.3, 0.4) is 0 Å². The molecule has 0 bridgehead atoms. The van der Waals surface area contributed by atoms with E-state index in [2.05, 4.69) is 24.0 Å². The van der Waals surface area contributed by atoms with Gasteiger partial charge < -0.3 is 0 Å². The molecule has 1 amide bonds. The van der Waals surface area contributed by atoms with Gasteiger partial charge in [-0.2, -0.15) is 4.31 Å². The van der Waals surface area contributed by atoms with Crippen molar-refractivity contribution in [2.75, 3.05) is 18.0 Å². The maximum Gasteiger partial charge on any atom is 0.243 e. The molecule has 10 heteroatoms. The third-order valence-electron chi connectivity index (χ3n) is 6.66. The molecular formula is C27H27FN4O3S2. The summed E-state index contributed by atoms with van der Waals surface area (Å²) in [6.07, 6.45) is 5.14. The summed E-state index contributed by atoms with van der Waals surface area (Å²) in [5, 5.41) is 0.624. The Morgan fingerprint density at radius 3 is 2.54 bits per heavy atom. The summed E-state index contributed by atoms with van der Waals surface area (Å²) in [6, 6.07) is 14.7. The fourth-order valence-electron chi connectivity index (χ4n) is 4.53. The van der Waals surface area contributed by atoms with Crippen LogP contribution in [-0.4, -0.2) is 41.7 Å². The molecule has 37 heavy (non-hydrogen) atoms. The van der Waals surface area contributed by atoms with Gasteiger partial charge >= 0.3 is 0 Å². The molecule has 0 aliphatic carbocycles. The number of halogens is 1. The summed E-state index contributed by atoms with van der Waals surface area (Å²) in [7, 11) is -3.75. The van der Waals surface area contributed by atoms with E-state index in [0.29, 0.717) is 24.5 Å². The molecule has 2 aromatic carbocycles. The first-order chi connectivity index (χ1) is 17.8. The molecule has 5 rings (SSSR count). The number of thiazole rings is 1. The first-order valence-corrected chi connectivity index (χ1v) is 14.5. The molecule has 7 nitrogen and oxygen atoms in total. The molecular weight excluding hydrogens is 511 g/mol. The monoisotopic (exact) mass is 538 g/mol. The van der Waals surface area contributed by atoms with Gasteiger partial charge in [0.2, 0.25) is 15.9 Å². The van der Waals surface area contributed by atoms with Crippen molar-refractivity contribution < 1.29 is 17.6 Å². The highest BCUT2D eigenvalue weighted by molar-refractivity contribution is 7.89. The summed E-state index contributed by atoms with van der Waals surface area (Å²) in [5.74, 6) is -0.898. The van der Waals surface area contributed by atoms with Crippen molar-refractivity contribution in [2.45, 2.75) is 37.6 Å². The smallest absolute Gasteiger partial charge is 0.243 e. The summed E-state index contributed by atoms with van der Waals surface area (Å²) in [4.78, 5) is 24.5. The Morgan fingerprint density at radius 1 is 1.11 bits per heavy atom. The minimum absolute atomic E-state index is 0.0535. The summed E-state index contributed by atoms with van der Waals surface area (Å²) in [5.41, 5.74) is 2.95. The second kappa shape index (κ2) is 10.6. The SMILES string of the molecule is CCc1ccc2nc(N(Cc3cccnc3)C(=O)C3CCN(S(=O)(=O)c4ccc(F)cc4)CC3)sc2c1. The average molecular weight is 539 g/mol. The fourth-order valence-corrected chi connectivity index (χ4v) is 7.03. The fraction of sp³-hybridized carbons (Fsp3) is 0.296. The van der Waals surface area contributed by atoms with Crippen LogP contribution in [0.2, 0.25) is 0 Å². The van der Waals surface area contributed by atoms with E-state index in [1.54, 1.807) is 17.3 Å². The number of amides is 1. The first kappa shape index (κ1) is 25.4. The van der Waals surface area contributed by atoms with Gasteiger partial charge in [-0.05, 0) is 72.9 Å². The molecule has 1 aliphatic heterocycles. The molecule has 1 aliphatic rings. The van der Waals surface area contributed by atoms with E-state index in [0.717, 1.165) is 34.3 Å².